The maximum atomic E-state index is 13.2. The number of aromatic amines is 1. The molecule has 1 fully saturated rings. The van der Waals surface area contributed by atoms with E-state index in [9.17, 15) is 18.5 Å². The molecule has 3 aromatic rings. The molecule has 0 atom stereocenters. The maximum Gasteiger partial charge on any atom is 0.270 e. The lowest BCUT2D eigenvalue weighted by molar-refractivity contribution is -0.385. The van der Waals surface area contributed by atoms with Crippen molar-refractivity contribution in [3.05, 3.63) is 58.6 Å². The number of hydrogen-bond acceptors (Lipinski definition) is 8. The van der Waals surface area contributed by atoms with Crippen molar-refractivity contribution in [1.82, 2.24) is 19.5 Å². The highest BCUT2D eigenvalue weighted by Crippen LogP contribution is 2.35. The highest BCUT2D eigenvalue weighted by molar-refractivity contribution is 8.00. The molecule has 12 heteroatoms. The summed E-state index contributed by atoms with van der Waals surface area (Å²) in [5.74, 6) is 0.539. The number of ether oxygens (including phenoxy) is 1. The minimum atomic E-state index is -3.95. The number of hydrogen-bond donors (Lipinski definition) is 1. The van der Waals surface area contributed by atoms with E-state index in [1.54, 1.807) is 0 Å². The zero-order valence-electron chi connectivity index (χ0n) is 15.6. The smallest absolute Gasteiger partial charge is 0.270 e. The number of rotatable bonds is 6. The van der Waals surface area contributed by atoms with E-state index in [0.717, 1.165) is 23.4 Å². The molecule has 1 aliphatic heterocycles. The van der Waals surface area contributed by atoms with E-state index in [2.05, 4.69) is 15.2 Å². The first kappa shape index (κ1) is 20.5. The van der Waals surface area contributed by atoms with Crippen LogP contribution < -0.4 is 0 Å². The molecule has 0 amide bonds. The predicted octanol–water partition coefficient (Wildman–Crippen LogP) is 2.55. The zero-order chi connectivity index (χ0) is 21.1. The molecule has 0 unspecified atom stereocenters. The van der Waals surface area contributed by atoms with Crippen LogP contribution in [0.1, 0.15) is 0 Å². The average molecular weight is 447 g/mol. The molecule has 30 heavy (non-hydrogen) atoms. The Morgan fingerprint density at radius 1 is 1.13 bits per heavy atom. The molecule has 0 spiro atoms. The standard InChI is InChI=1S/C18H17N5O5S2/c24-23(25)14-6-7-15(16(12-14)30(26,27)22-8-10-28-11-9-22)29-18-19-17(20-21-18)13-4-2-1-3-5-13/h1-7,12H,8-11H2,(H,19,20,21). The van der Waals surface area contributed by atoms with Gasteiger partial charge in [-0.2, -0.15) is 4.31 Å². The van der Waals surface area contributed by atoms with Gasteiger partial charge in [-0.25, -0.2) is 13.4 Å². The summed E-state index contributed by atoms with van der Waals surface area (Å²) in [7, 11) is -3.95. The first-order valence-corrected chi connectivity index (χ1v) is 11.2. The molecule has 0 saturated carbocycles. The second-order valence-corrected chi connectivity index (χ2v) is 9.25. The van der Waals surface area contributed by atoms with E-state index in [1.807, 2.05) is 30.3 Å². The normalized spacial score (nSPS) is 15.2. The van der Waals surface area contributed by atoms with Gasteiger partial charge in [-0.1, -0.05) is 30.3 Å². The number of nitrogens with one attached hydrogen (secondary N) is 1. The van der Waals surface area contributed by atoms with Crippen LogP contribution in [0.4, 0.5) is 5.69 Å². The number of non-ortho nitro benzene ring substituents is 1. The summed E-state index contributed by atoms with van der Waals surface area (Å²) in [5.41, 5.74) is 0.535. The van der Waals surface area contributed by atoms with Crippen molar-refractivity contribution in [2.24, 2.45) is 0 Å². The molecular formula is C18H17N5O5S2. The van der Waals surface area contributed by atoms with Crippen molar-refractivity contribution in [2.75, 3.05) is 26.3 Å². The number of nitro benzene ring substituents is 1. The Hall–Kier alpha value is -2.80. The summed E-state index contributed by atoms with van der Waals surface area (Å²) in [6, 6.07) is 13.1. The first-order valence-electron chi connectivity index (χ1n) is 8.97. The predicted molar refractivity (Wildman–Crippen MR) is 109 cm³/mol. The van der Waals surface area contributed by atoms with Crippen LogP contribution in [0.15, 0.2) is 63.5 Å². The Morgan fingerprint density at radius 2 is 1.87 bits per heavy atom. The van der Waals surface area contributed by atoms with Gasteiger partial charge in [0.25, 0.3) is 5.69 Å². The molecule has 1 N–H and O–H groups in total. The van der Waals surface area contributed by atoms with Crippen molar-refractivity contribution in [2.45, 2.75) is 14.9 Å². The summed E-state index contributed by atoms with van der Waals surface area (Å²) in [6.07, 6.45) is 0. The quantitative estimate of drug-likeness (QED) is 0.450. The molecule has 0 radical (unpaired) electrons. The number of benzene rings is 2. The van der Waals surface area contributed by atoms with Gasteiger partial charge in [0.05, 0.1) is 18.1 Å². The van der Waals surface area contributed by atoms with Crippen LogP contribution in [-0.2, 0) is 14.8 Å². The third-order valence-electron chi connectivity index (χ3n) is 4.44. The van der Waals surface area contributed by atoms with Crippen molar-refractivity contribution in [3.63, 3.8) is 0 Å². The van der Waals surface area contributed by atoms with E-state index in [-0.39, 0.29) is 36.9 Å². The van der Waals surface area contributed by atoms with Gasteiger partial charge >= 0.3 is 0 Å². The Labute approximate surface area is 176 Å². The fourth-order valence-corrected chi connectivity index (χ4v) is 5.60. The number of sulfonamides is 1. The molecule has 0 aliphatic carbocycles. The third-order valence-corrected chi connectivity index (χ3v) is 7.45. The molecule has 2 aromatic carbocycles. The molecule has 1 aliphatic rings. The number of aromatic nitrogens is 3. The van der Waals surface area contributed by atoms with Crippen LogP contribution in [0.25, 0.3) is 11.4 Å². The van der Waals surface area contributed by atoms with Crippen LogP contribution >= 0.6 is 11.8 Å². The maximum absolute atomic E-state index is 13.2. The number of nitrogens with zero attached hydrogens (tertiary/aromatic N) is 4. The van der Waals surface area contributed by atoms with Crippen LogP contribution in [-0.4, -0.2) is 59.1 Å². The average Bonchev–Trinajstić information content (AvgIpc) is 3.23. The molecule has 10 nitrogen and oxygen atoms in total. The van der Waals surface area contributed by atoms with Crippen molar-refractivity contribution < 1.29 is 18.1 Å². The number of H-pyrrole nitrogens is 1. The second-order valence-electron chi connectivity index (χ2n) is 6.34. The van der Waals surface area contributed by atoms with Crippen LogP contribution in [0.3, 0.4) is 0 Å². The minimum Gasteiger partial charge on any atom is -0.379 e. The highest BCUT2D eigenvalue weighted by Gasteiger charge is 2.31. The van der Waals surface area contributed by atoms with Crippen molar-refractivity contribution in [1.29, 1.82) is 0 Å². The molecular weight excluding hydrogens is 430 g/mol. The molecule has 156 valence electrons. The van der Waals surface area contributed by atoms with Crippen molar-refractivity contribution >= 4 is 27.5 Å². The second kappa shape index (κ2) is 8.52. The van der Waals surface area contributed by atoms with Gasteiger partial charge in [-0.05, 0) is 17.8 Å². The Morgan fingerprint density at radius 3 is 2.57 bits per heavy atom. The van der Waals surface area contributed by atoms with Gasteiger partial charge in [-0.15, -0.1) is 5.10 Å². The van der Waals surface area contributed by atoms with Crippen LogP contribution in [0, 0.1) is 10.1 Å². The van der Waals surface area contributed by atoms with Crippen molar-refractivity contribution in [3.8, 4) is 11.4 Å². The van der Waals surface area contributed by atoms with Gasteiger partial charge in [0.2, 0.25) is 15.2 Å². The lowest BCUT2D eigenvalue weighted by Crippen LogP contribution is -2.40. The van der Waals surface area contributed by atoms with Gasteiger partial charge in [-0.3, -0.25) is 15.2 Å². The minimum absolute atomic E-state index is 0.144. The summed E-state index contributed by atoms with van der Waals surface area (Å²) >= 11 is 1.03. The number of morpholine rings is 1. The lowest BCUT2D eigenvalue weighted by Gasteiger charge is -2.26. The van der Waals surface area contributed by atoms with E-state index in [0.29, 0.717) is 15.9 Å². The SMILES string of the molecule is O=[N+]([O-])c1ccc(Sc2n[nH]c(-c3ccccc3)n2)c(S(=O)(=O)N2CCOCC2)c1. The van der Waals surface area contributed by atoms with Gasteiger partial charge in [0.1, 0.15) is 4.90 Å². The Balaban J connectivity index is 1.70. The van der Waals surface area contributed by atoms with Gasteiger partial charge < -0.3 is 4.74 Å². The summed E-state index contributed by atoms with van der Waals surface area (Å²) in [4.78, 5) is 15.2. The molecule has 1 aromatic heterocycles. The summed E-state index contributed by atoms with van der Waals surface area (Å²) in [5, 5.41) is 18.5. The summed E-state index contributed by atoms with van der Waals surface area (Å²) < 4.78 is 32.9. The van der Waals surface area contributed by atoms with E-state index in [4.69, 9.17) is 4.74 Å². The summed E-state index contributed by atoms with van der Waals surface area (Å²) in [6.45, 7) is 0.928. The Kier molecular flexibility index (Phi) is 5.81. The third kappa shape index (κ3) is 4.21. The van der Waals surface area contributed by atoms with Gasteiger partial charge in [0, 0.05) is 35.7 Å². The largest absolute Gasteiger partial charge is 0.379 e. The fraction of sp³-hybridized carbons (Fsp3) is 0.222. The topological polar surface area (TPSA) is 131 Å². The zero-order valence-corrected chi connectivity index (χ0v) is 17.2. The highest BCUT2D eigenvalue weighted by atomic mass is 32.2. The van der Waals surface area contributed by atoms with E-state index in [1.165, 1.54) is 16.4 Å². The lowest BCUT2D eigenvalue weighted by atomic mass is 10.2. The van der Waals surface area contributed by atoms with E-state index < -0.39 is 14.9 Å². The van der Waals surface area contributed by atoms with E-state index >= 15 is 0 Å². The Bertz CT molecular complexity index is 1160. The monoisotopic (exact) mass is 447 g/mol. The molecule has 1 saturated heterocycles. The number of nitro groups is 1. The molecule has 0 bridgehead atoms. The first-order chi connectivity index (χ1) is 14.4. The van der Waals surface area contributed by atoms with Crippen LogP contribution in [0.2, 0.25) is 0 Å². The van der Waals surface area contributed by atoms with Gasteiger partial charge in [0.15, 0.2) is 5.82 Å². The van der Waals surface area contributed by atoms with Crippen LogP contribution in [0.5, 0.6) is 0 Å². The molecule has 2 heterocycles. The fourth-order valence-electron chi connectivity index (χ4n) is 2.94. The molecule has 4 rings (SSSR count).